The zero-order valence-corrected chi connectivity index (χ0v) is 14.9. The van der Waals surface area contributed by atoms with Gasteiger partial charge in [0, 0.05) is 18.3 Å². The lowest BCUT2D eigenvalue weighted by molar-refractivity contribution is 0.252. The summed E-state index contributed by atoms with van der Waals surface area (Å²) in [7, 11) is -1.98. The van der Waals surface area contributed by atoms with Gasteiger partial charge in [-0.3, -0.25) is 4.31 Å². The predicted octanol–water partition coefficient (Wildman–Crippen LogP) is 2.28. The minimum absolute atomic E-state index is 0.105. The number of nitrogens with zero attached hydrogens (tertiary/aromatic N) is 1. The van der Waals surface area contributed by atoms with Crippen LogP contribution in [-0.2, 0) is 10.0 Å². The van der Waals surface area contributed by atoms with Crippen LogP contribution < -0.4 is 19.7 Å². The summed E-state index contributed by atoms with van der Waals surface area (Å²) in [6, 6.07) is 15.3. The first-order valence-corrected chi connectivity index (χ1v) is 9.46. The number of ether oxygens (including phenoxy) is 1. The van der Waals surface area contributed by atoms with Crippen molar-refractivity contribution in [2.45, 2.75) is 0 Å². The van der Waals surface area contributed by atoms with E-state index in [1.165, 1.54) is 11.4 Å². The van der Waals surface area contributed by atoms with E-state index in [0.29, 0.717) is 17.1 Å². The highest BCUT2D eigenvalue weighted by atomic mass is 32.2. The number of carbonyl (C=O) groups is 1. The average molecular weight is 363 g/mol. The number of rotatable bonds is 7. The van der Waals surface area contributed by atoms with Gasteiger partial charge in [-0.05, 0) is 24.3 Å². The van der Waals surface area contributed by atoms with Crippen molar-refractivity contribution in [3.63, 3.8) is 0 Å². The molecule has 0 saturated carbocycles. The van der Waals surface area contributed by atoms with Gasteiger partial charge in [0.05, 0.1) is 25.6 Å². The lowest BCUT2D eigenvalue weighted by atomic mass is 10.3. The number of hydrogen-bond donors (Lipinski definition) is 2. The molecule has 0 saturated heterocycles. The number of benzene rings is 2. The third kappa shape index (κ3) is 5.68. The number of amides is 2. The van der Waals surface area contributed by atoms with Gasteiger partial charge in [0.15, 0.2) is 0 Å². The Bertz CT molecular complexity index is 810. The van der Waals surface area contributed by atoms with Gasteiger partial charge in [0.25, 0.3) is 0 Å². The fourth-order valence-electron chi connectivity index (χ4n) is 2.22. The monoisotopic (exact) mass is 363 g/mol. The number of para-hydroxylation sites is 1. The Kier molecular flexibility index (Phi) is 6.24. The van der Waals surface area contributed by atoms with Crippen molar-refractivity contribution in [1.82, 2.24) is 5.32 Å². The minimum atomic E-state index is -3.49. The van der Waals surface area contributed by atoms with Gasteiger partial charge in [0.1, 0.15) is 5.75 Å². The molecule has 134 valence electrons. The van der Waals surface area contributed by atoms with E-state index >= 15 is 0 Å². The quantitative estimate of drug-likeness (QED) is 0.790. The van der Waals surface area contributed by atoms with E-state index in [9.17, 15) is 13.2 Å². The molecule has 2 aromatic carbocycles. The molecule has 0 aliphatic rings. The Morgan fingerprint density at radius 2 is 1.84 bits per heavy atom. The molecule has 0 unspecified atom stereocenters. The molecule has 0 fully saturated rings. The Morgan fingerprint density at radius 1 is 1.12 bits per heavy atom. The van der Waals surface area contributed by atoms with E-state index < -0.39 is 16.1 Å². The van der Waals surface area contributed by atoms with Crippen molar-refractivity contribution in [3.8, 4) is 5.75 Å². The van der Waals surface area contributed by atoms with Crippen LogP contribution in [0.3, 0.4) is 0 Å². The van der Waals surface area contributed by atoms with Crippen LogP contribution >= 0.6 is 0 Å². The lowest BCUT2D eigenvalue weighted by Gasteiger charge is -2.23. The molecule has 2 aromatic rings. The second kappa shape index (κ2) is 8.39. The van der Waals surface area contributed by atoms with Gasteiger partial charge in [0.2, 0.25) is 10.0 Å². The maximum Gasteiger partial charge on any atom is 0.319 e. The molecule has 8 heteroatoms. The van der Waals surface area contributed by atoms with Crippen LogP contribution in [0.2, 0.25) is 0 Å². The second-order valence-electron chi connectivity index (χ2n) is 5.28. The summed E-state index contributed by atoms with van der Waals surface area (Å²) in [6.07, 6.45) is 1.12. The molecule has 0 atom stereocenters. The zero-order chi connectivity index (χ0) is 18.3. The van der Waals surface area contributed by atoms with Crippen molar-refractivity contribution < 1.29 is 17.9 Å². The SMILES string of the molecule is COc1cccc(N(CCNC(=O)Nc2ccccc2)S(C)(=O)=O)c1. The molecule has 7 nitrogen and oxygen atoms in total. The normalized spacial score (nSPS) is 10.8. The largest absolute Gasteiger partial charge is 0.497 e. The Labute approximate surface area is 147 Å². The molecule has 0 aromatic heterocycles. The van der Waals surface area contributed by atoms with Crippen molar-refractivity contribution in [1.29, 1.82) is 0 Å². The molecular weight excluding hydrogens is 342 g/mol. The molecule has 2 rings (SSSR count). The fourth-order valence-corrected chi connectivity index (χ4v) is 3.14. The van der Waals surface area contributed by atoms with Gasteiger partial charge in [-0.25, -0.2) is 13.2 Å². The molecule has 0 radical (unpaired) electrons. The Balaban J connectivity index is 1.98. The highest BCUT2D eigenvalue weighted by Gasteiger charge is 2.18. The van der Waals surface area contributed by atoms with Crippen LogP contribution in [0.5, 0.6) is 5.75 Å². The van der Waals surface area contributed by atoms with Crippen molar-refractivity contribution in [2.24, 2.45) is 0 Å². The van der Waals surface area contributed by atoms with Crippen LogP contribution in [0.15, 0.2) is 54.6 Å². The molecule has 0 bridgehead atoms. The van der Waals surface area contributed by atoms with Gasteiger partial charge >= 0.3 is 6.03 Å². The molecule has 0 spiro atoms. The maximum atomic E-state index is 12.1. The first kappa shape index (κ1) is 18.6. The summed E-state index contributed by atoms with van der Waals surface area (Å²) in [5.41, 5.74) is 1.14. The minimum Gasteiger partial charge on any atom is -0.497 e. The summed E-state index contributed by atoms with van der Waals surface area (Å²) >= 11 is 0. The number of carbonyl (C=O) groups excluding carboxylic acids is 1. The molecule has 2 amide bonds. The smallest absolute Gasteiger partial charge is 0.319 e. The van der Waals surface area contributed by atoms with E-state index in [0.717, 1.165) is 6.26 Å². The number of nitrogens with one attached hydrogen (secondary N) is 2. The lowest BCUT2D eigenvalue weighted by Crippen LogP contribution is -2.39. The van der Waals surface area contributed by atoms with Gasteiger partial charge in [-0.15, -0.1) is 0 Å². The summed E-state index contributed by atoms with van der Waals surface area (Å²) in [6.45, 7) is 0.261. The molecule has 2 N–H and O–H groups in total. The van der Waals surface area contributed by atoms with Crippen molar-refractivity contribution in [3.05, 3.63) is 54.6 Å². The highest BCUT2D eigenvalue weighted by molar-refractivity contribution is 7.92. The van der Waals surface area contributed by atoms with Gasteiger partial charge < -0.3 is 15.4 Å². The maximum absolute atomic E-state index is 12.1. The first-order valence-electron chi connectivity index (χ1n) is 7.62. The van der Waals surface area contributed by atoms with E-state index in [1.807, 2.05) is 18.2 Å². The second-order valence-corrected chi connectivity index (χ2v) is 7.19. The van der Waals surface area contributed by atoms with Crippen LogP contribution in [0.25, 0.3) is 0 Å². The average Bonchev–Trinajstić information content (AvgIpc) is 2.58. The summed E-state index contributed by atoms with van der Waals surface area (Å²) in [5, 5.41) is 5.32. The predicted molar refractivity (Wildman–Crippen MR) is 98.6 cm³/mol. The third-order valence-corrected chi connectivity index (χ3v) is 4.57. The Hall–Kier alpha value is -2.74. The zero-order valence-electron chi connectivity index (χ0n) is 14.1. The molecule has 0 aliphatic carbocycles. The molecule has 0 heterocycles. The van der Waals surface area contributed by atoms with Gasteiger partial charge in [-0.2, -0.15) is 0 Å². The number of hydrogen-bond acceptors (Lipinski definition) is 4. The van der Waals surface area contributed by atoms with E-state index in [4.69, 9.17) is 4.74 Å². The van der Waals surface area contributed by atoms with Crippen LogP contribution in [0, 0.1) is 0 Å². The standard InChI is InChI=1S/C17H21N3O4S/c1-24-16-10-6-9-15(13-16)20(25(2,22)23)12-11-18-17(21)19-14-7-4-3-5-8-14/h3-10,13H,11-12H2,1-2H3,(H2,18,19,21). The topological polar surface area (TPSA) is 87.7 Å². The fraction of sp³-hybridized carbons (Fsp3) is 0.235. The number of anilines is 2. The van der Waals surface area contributed by atoms with Crippen LogP contribution in [0.1, 0.15) is 0 Å². The first-order chi connectivity index (χ1) is 11.9. The third-order valence-electron chi connectivity index (χ3n) is 3.37. The number of sulfonamides is 1. The van der Waals surface area contributed by atoms with Crippen molar-refractivity contribution >= 4 is 27.4 Å². The number of urea groups is 1. The summed E-state index contributed by atoms with van der Waals surface area (Å²) in [4.78, 5) is 11.9. The van der Waals surface area contributed by atoms with Gasteiger partial charge in [-0.1, -0.05) is 24.3 Å². The van der Waals surface area contributed by atoms with E-state index in [1.54, 1.807) is 36.4 Å². The molecular formula is C17H21N3O4S. The van der Waals surface area contributed by atoms with E-state index in [-0.39, 0.29) is 13.1 Å². The molecule has 25 heavy (non-hydrogen) atoms. The highest BCUT2D eigenvalue weighted by Crippen LogP contribution is 2.22. The van der Waals surface area contributed by atoms with E-state index in [2.05, 4.69) is 10.6 Å². The number of methoxy groups -OCH3 is 1. The summed E-state index contributed by atoms with van der Waals surface area (Å²) in [5.74, 6) is 0.556. The molecule has 0 aliphatic heterocycles. The summed E-state index contributed by atoms with van der Waals surface area (Å²) < 4.78 is 30.5. The van der Waals surface area contributed by atoms with Crippen LogP contribution in [0.4, 0.5) is 16.2 Å². The Morgan fingerprint density at radius 3 is 2.48 bits per heavy atom. The van der Waals surface area contributed by atoms with Crippen molar-refractivity contribution in [2.75, 3.05) is 36.1 Å². The van der Waals surface area contributed by atoms with Crippen LogP contribution in [-0.4, -0.2) is 40.9 Å².